The van der Waals surface area contributed by atoms with E-state index in [4.69, 9.17) is 13.8 Å². The second-order valence-electron chi connectivity index (χ2n) is 16.4. The Morgan fingerprint density at radius 2 is 0.895 bits per heavy atom. The molecule has 0 aliphatic heterocycles. The van der Waals surface area contributed by atoms with E-state index >= 15 is 0 Å². The number of phosphoric acid groups is 1. The number of rotatable bonds is 46. The van der Waals surface area contributed by atoms with Crippen LogP contribution in [0.3, 0.4) is 0 Å². The van der Waals surface area contributed by atoms with Crippen molar-refractivity contribution < 1.29 is 37.9 Å². The first-order chi connectivity index (χ1) is 27.8. The summed E-state index contributed by atoms with van der Waals surface area (Å²) < 4.78 is 26.9. The molecule has 0 aromatic carbocycles. The molecule has 0 aromatic heterocycles. The number of hydrogen-bond donors (Lipinski definition) is 3. The Labute approximate surface area is 351 Å². The first-order valence-electron chi connectivity index (χ1n) is 24.2. The lowest BCUT2D eigenvalue weighted by atomic mass is 10.0. The zero-order chi connectivity index (χ0) is 41.8. The molecule has 2 atom stereocenters. The standard InChI is InChI=1S/C47H92NO8P/c1-3-5-7-9-11-13-15-17-18-19-20-21-22-23-24-25-26-28-30-32-34-36-38-40-47(51)54-43-45(49)44-56-57(52,53)55-42-41-48-46(50)39-37-35-33-31-29-27-16-14-12-10-8-6-4-2/h14,16,45,49H,3-13,15,17-44H2,1-2H3,(H,48,50)(H,52,53)/b16-14-. The van der Waals surface area contributed by atoms with Crippen molar-refractivity contribution in [3.8, 4) is 0 Å². The highest BCUT2D eigenvalue weighted by molar-refractivity contribution is 7.47. The van der Waals surface area contributed by atoms with E-state index < -0.39 is 26.5 Å². The molecule has 0 saturated heterocycles. The van der Waals surface area contributed by atoms with Crippen molar-refractivity contribution >= 4 is 19.7 Å². The SMILES string of the molecule is CCCCCC/C=C\CCCCCCCC(=O)NCCOP(=O)(O)OCC(O)COC(=O)CCCCCCCCCCCCCCCCCCCCCCCCC. The summed E-state index contributed by atoms with van der Waals surface area (Å²) in [6.07, 6.45) is 47.3. The zero-order valence-electron chi connectivity index (χ0n) is 37.3. The zero-order valence-corrected chi connectivity index (χ0v) is 38.2. The van der Waals surface area contributed by atoms with E-state index in [-0.39, 0.29) is 32.1 Å². The molecule has 338 valence electrons. The molecule has 9 nitrogen and oxygen atoms in total. The highest BCUT2D eigenvalue weighted by Crippen LogP contribution is 2.42. The van der Waals surface area contributed by atoms with Crippen molar-refractivity contribution in [3.05, 3.63) is 12.2 Å². The van der Waals surface area contributed by atoms with Crippen molar-refractivity contribution in [2.75, 3.05) is 26.4 Å². The first kappa shape index (κ1) is 55.8. The summed E-state index contributed by atoms with van der Waals surface area (Å²) in [7, 11) is -4.41. The number of hydrogen-bond acceptors (Lipinski definition) is 7. The minimum Gasteiger partial charge on any atom is -0.463 e. The number of carbonyl (C=O) groups is 2. The maximum Gasteiger partial charge on any atom is 0.472 e. The molecular formula is C47H92NO8P. The van der Waals surface area contributed by atoms with E-state index in [0.717, 1.165) is 51.4 Å². The smallest absolute Gasteiger partial charge is 0.463 e. The molecule has 0 heterocycles. The van der Waals surface area contributed by atoms with Crippen LogP contribution in [0.4, 0.5) is 0 Å². The second-order valence-corrected chi connectivity index (χ2v) is 17.9. The largest absolute Gasteiger partial charge is 0.472 e. The third kappa shape index (κ3) is 45.7. The maximum atomic E-state index is 12.1. The average Bonchev–Trinajstić information content (AvgIpc) is 3.20. The number of aliphatic hydroxyl groups excluding tert-OH is 1. The number of unbranched alkanes of at least 4 members (excludes halogenated alkanes) is 31. The molecule has 0 saturated carbocycles. The van der Waals surface area contributed by atoms with Gasteiger partial charge in [0.15, 0.2) is 0 Å². The number of amides is 1. The Balaban J connectivity index is 3.51. The fraction of sp³-hybridized carbons (Fsp3) is 0.915. The number of esters is 1. The molecule has 0 bridgehead atoms. The van der Waals surface area contributed by atoms with Crippen molar-refractivity contribution in [2.24, 2.45) is 0 Å². The van der Waals surface area contributed by atoms with E-state index in [9.17, 15) is 24.2 Å². The van der Waals surface area contributed by atoms with Crippen LogP contribution in [0, 0.1) is 0 Å². The van der Waals surface area contributed by atoms with Gasteiger partial charge in [0.05, 0.1) is 13.2 Å². The van der Waals surface area contributed by atoms with Crippen LogP contribution in [0.1, 0.15) is 245 Å². The van der Waals surface area contributed by atoms with Crippen molar-refractivity contribution in [1.29, 1.82) is 0 Å². The van der Waals surface area contributed by atoms with Crippen LogP contribution < -0.4 is 5.32 Å². The Morgan fingerprint density at radius 3 is 1.33 bits per heavy atom. The first-order valence-corrected chi connectivity index (χ1v) is 25.7. The van der Waals surface area contributed by atoms with Gasteiger partial charge in [-0.2, -0.15) is 0 Å². The van der Waals surface area contributed by atoms with E-state index in [0.29, 0.717) is 6.42 Å². The molecule has 0 rings (SSSR count). The maximum absolute atomic E-state index is 12.1. The highest BCUT2D eigenvalue weighted by atomic mass is 31.2. The monoisotopic (exact) mass is 830 g/mol. The van der Waals surface area contributed by atoms with Crippen LogP contribution in [-0.4, -0.2) is 54.3 Å². The summed E-state index contributed by atoms with van der Waals surface area (Å²) in [5, 5.41) is 12.7. The van der Waals surface area contributed by atoms with Gasteiger partial charge in [0.25, 0.3) is 0 Å². The number of nitrogens with one attached hydrogen (secondary N) is 1. The quantitative estimate of drug-likeness (QED) is 0.0239. The molecule has 3 N–H and O–H groups in total. The van der Waals surface area contributed by atoms with Gasteiger partial charge in [-0.1, -0.05) is 206 Å². The number of phosphoric ester groups is 1. The Bertz CT molecular complexity index is 948. The molecule has 10 heteroatoms. The topological polar surface area (TPSA) is 131 Å². The minimum atomic E-state index is -4.41. The van der Waals surface area contributed by atoms with Crippen molar-refractivity contribution in [2.45, 2.75) is 251 Å². The lowest BCUT2D eigenvalue weighted by Gasteiger charge is -2.15. The molecule has 0 aliphatic carbocycles. The number of allylic oxidation sites excluding steroid dienone is 2. The van der Waals surface area contributed by atoms with Gasteiger partial charge in [0, 0.05) is 19.4 Å². The van der Waals surface area contributed by atoms with Gasteiger partial charge >= 0.3 is 13.8 Å². The molecule has 1 amide bonds. The Morgan fingerprint density at radius 1 is 0.526 bits per heavy atom. The predicted molar refractivity (Wildman–Crippen MR) is 238 cm³/mol. The van der Waals surface area contributed by atoms with Crippen LogP contribution >= 0.6 is 7.82 Å². The fourth-order valence-corrected chi connectivity index (χ4v) is 7.78. The van der Waals surface area contributed by atoms with E-state index in [2.05, 4.69) is 31.3 Å². The Hall–Kier alpha value is -1.25. The van der Waals surface area contributed by atoms with E-state index in [1.807, 2.05) is 0 Å². The van der Waals surface area contributed by atoms with Gasteiger partial charge in [-0.05, 0) is 38.5 Å². The summed E-state index contributed by atoms with van der Waals surface area (Å²) in [5.74, 6) is -0.514. The predicted octanol–water partition coefficient (Wildman–Crippen LogP) is 13.8. The second kappa shape index (κ2) is 44.3. The third-order valence-corrected chi connectivity index (χ3v) is 11.7. The summed E-state index contributed by atoms with van der Waals surface area (Å²) in [4.78, 5) is 33.9. The van der Waals surface area contributed by atoms with Crippen LogP contribution in [0.15, 0.2) is 12.2 Å². The van der Waals surface area contributed by atoms with Crippen molar-refractivity contribution in [1.82, 2.24) is 5.32 Å². The van der Waals surface area contributed by atoms with Gasteiger partial charge in [-0.25, -0.2) is 4.57 Å². The van der Waals surface area contributed by atoms with Crippen LogP contribution in [-0.2, 0) is 27.9 Å². The number of aliphatic hydroxyl groups is 1. The molecule has 0 spiro atoms. The van der Waals surface area contributed by atoms with Crippen LogP contribution in [0.5, 0.6) is 0 Å². The lowest BCUT2D eigenvalue weighted by Crippen LogP contribution is -2.27. The van der Waals surface area contributed by atoms with Crippen LogP contribution in [0.2, 0.25) is 0 Å². The summed E-state index contributed by atoms with van der Waals surface area (Å²) in [6.45, 7) is 3.57. The molecule has 0 aliphatic rings. The molecule has 0 aromatic rings. The Kier molecular flexibility index (Phi) is 43.3. The minimum absolute atomic E-state index is 0.0806. The van der Waals surface area contributed by atoms with Gasteiger partial charge in [0.2, 0.25) is 5.91 Å². The summed E-state index contributed by atoms with van der Waals surface area (Å²) in [5.41, 5.74) is 0. The number of carbonyl (C=O) groups excluding carboxylic acids is 2. The van der Waals surface area contributed by atoms with Gasteiger partial charge < -0.3 is 20.1 Å². The lowest BCUT2D eigenvalue weighted by molar-refractivity contribution is -0.147. The molecule has 0 fully saturated rings. The van der Waals surface area contributed by atoms with Gasteiger partial charge in [0.1, 0.15) is 12.7 Å². The molecule has 57 heavy (non-hydrogen) atoms. The summed E-state index contributed by atoms with van der Waals surface area (Å²) >= 11 is 0. The number of ether oxygens (including phenoxy) is 1. The van der Waals surface area contributed by atoms with Crippen molar-refractivity contribution in [3.63, 3.8) is 0 Å². The molecular weight excluding hydrogens is 737 g/mol. The van der Waals surface area contributed by atoms with E-state index in [1.54, 1.807) is 0 Å². The molecule has 2 unspecified atom stereocenters. The van der Waals surface area contributed by atoms with Crippen LogP contribution in [0.25, 0.3) is 0 Å². The van der Waals surface area contributed by atoms with E-state index in [1.165, 1.54) is 167 Å². The summed E-state index contributed by atoms with van der Waals surface area (Å²) in [6, 6.07) is 0. The fourth-order valence-electron chi connectivity index (χ4n) is 7.02. The van der Waals surface area contributed by atoms with Gasteiger partial charge in [-0.15, -0.1) is 0 Å². The molecule has 0 radical (unpaired) electrons. The third-order valence-electron chi connectivity index (χ3n) is 10.7. The van der Waals surface area contributed by atoms with Gasteiger partial charge in [-0.3, -0.25) is 18.6 Å². The highest BCUT2D eigenvalue weighted by Gasteiger charge is 2.23. The average molecular weight is 830 g/mol. The normalized spacial score (nSPS) is 13.3.